The quantitative estimate of drug-likeness (QED) is 0.286. The number of nitrogens with zero attached hydrogens (tertiary/aromatic N) is 2. The molecule has 0 N–H and O–H groups in total. The number of benzene rings is 3. The molecule has 0 saturated heterocycles. The zero-order valence-electron chi connectivity index (χ0n) is 19.9. The van der Waals surface area contributed by atoms with Crippen molar-refractivity contribution >= 4 is 28.6 Å². The number of halogens is 2. The second-order valence-electron chi connectivity index (χ2n) is 8.47. The summed E-state index contributed by atoms with van der Waals surface area (Å²) in [4.78, 5) is 14.4. The van der Waals surface area contributed by atoms with Crippen molar-refractivity contribution in [3.8, 4) is 16.9 Å². The third-order valence-corrected chi connectivity index (χ3v) is 6.35. The molecule has 1 heterocycles. The van der Waals surface area contributed by atoms with Crippen LogP contribution in [0, 0.1) is 19.7 Å². The van der Waals surface area contributed by atoms with Gasteiger partial charge >= 0.3 is 6.09 Å². The van der Waals surface area contributed by atoms with Crippen LogP contribution >= 0.6 is 11.6 Å². The molecule has 4 nitrogen and oxygen atoms in total. The van der Waals surface area contributed by atoms with Crippen LogP contribution in [0.3, 0.4) is 0 Å². The molecule has 4 aromatic rings. The summed E-state index contributed by atoms with van der Waals surface area (Å²) < 4.78 is 21.5. The lowest BCUT2D eigenvalue weighted by Crippen LogP contribution is -2.33. The van der Waals surface area contributed by atoms with Gasteiger partial charge in [-0.25, -0.2) is 9.18 Å². The Morgan fingerprint density at radius 1 is 1.00 bits per heavy atom. The van der Waals surface area contributed by atoms with E-state index in [0.717, 1.165) is 38.7 Å². The van der Waals surface area contributed by atoms with Gasteiger partial charge in [0.1, 0.15) is 11.6 Å². The first-order valence-corrected chi connectivity index (χ1v) is 11.8. The number of carbonyl (C=O) groups is 1. The third-order valence-electron chi connectivity index (χ3n) is 6.00. The van der Waals surface area contributed by atoms with Gasteiger partial charge in [-0.15, -0.1) is 0 Å². The van der Waals surface area contributed by atoms with Crippen LogP contribution in [0.5, 0.6) is 5.75 Å². The maximum absolute atomic E-state index is 13.5. The third kappa shape index (κ3) is 4.80. The van der Waals surface area contributed by atoms with Gasteiger partial charge in [-0.3, -0.25) is 0 Å². The molecular weight excluding hydrogens is 451 g/mol. The van der Waals surface area contributed by atoms with Crippen molar-refractivity contribution in [2.75, 3.05) is 13.1 Å². The number of fused-ring (bicyclic) bond motifs is 1. The highest BCUT2D eigenvalue weighted by Crippen LogP contribution is 2.39. The van der Waals surface area contributed by atoms with Crippen molar-refractivity contribution in [1.82, 2.24) is 9.47 Å². The summed E-state index contributed by atoms with van der Waals surface area (Å²) in [7, 11) is 0. The first kappa shape index (κ1) is 23.8. The minimum atomic E-state index is -0.368. The Morgan fingerprint density at radius 2 is 1.71 bits per heavy atom. The predicted molar refractivity (Wildman–Crippen MR) is 136 cm³/mol. The molecule has 0 radical (unpaired) electrons. The number of rotatable bonds is 6. The van der Waals surface area contributed by atoms with E-state index in [-0.39, 0.29) is 11.9 Å². The smallest absolute Gasteiger partial charge is 0.410 e. The summed E-state index contributed by atoms with van der Waals surface area (Å²) in [5.41, 5.74) is 5.91. The fourth-order valence-electron chi connectivity index (χ4n) is 4.37. The Kier molecular flexibility index (Phi) is 6.94. The van der Waals surface area contributed by atoms with Gasteiger partial charge in [-0.05, 0) is 69.2 Å². The summed E-state index contributed by atoms with van der Waals surface area (Å²) in [6.07, 6.45) is 1.61. The molecule has 0 bridgehead atoms. The van der Waals surface area contributed by atoms with Crippen molar-refractivity contribution in [1.29, 1.82) is 0 Å². The molecule has 0 fully saturated rings. The molecule has 6 heteroatoms. The van der Waals surface area contributed by atoms with Crippen LogP contribution in [0.4, 0.5) is 9.18 Å². The van der Waals surface area contributed by atoms with E-state index in [2.05, 4.69) is 36.6 Å². The summed E-state index contributed by atoms with van der Waals surface area (Å²) >= 11 is 6.28. The van der Waals surface area contributed by atoms with E-state index in [1.807, 2.05) is 38.2 Å². The van der Waals surface area contributed by atoms with Gasteiger partial charge in [0, 0.05) is 47.3 Å². The van der Waals surface area contributed by atoms with Crippen molar-refractivity contribution in [3.05, 3.63) is 88.3 Å². The highest BCUT2D eigenvalue weighted by Gasteiger charge is 2.19. The first-order chi connectivity index (χ1) is 16.3. The summed E-state index contributed by atoms with van der Waals surface area (Å²) in [5, 5.41) is 1.36. The lowest BCUT2D eigenvalue weighted by Gasteiger charge is -2.20. The average molecular weight is 479 g/mol. The fourth-order valence-corrected chi connectivity index (χ4v) is 4.59. The molecule has 3 aromatic carbocycles. The number of aryl methyl sites for hydroxylation is 2. The number of hydrogen-bond acceptors (Lipinski definition) is 2. The van der Waals surface area contributed by atoms with E-state index in [9.17, 15) is 9.18 Å². The summed E-state index contributed by atoms with van der Waals surface area (Å²) in [6, 6.07) is 16.6. The first-order valence-electron chi connectivity index (χ1n) is 11.4. The largest absolute Gasteiger partial charge is 0.415 e. The second kappa shape index (κ2) is 9.90. The highest BCUT2D eigenvalue weighted by molar-refractivity contribution is 6.31. The van der Waals surface area contributed by atoms with Gasteiger partial charge in [-0.2, -0.15) is 0 Å². The molecule has 0 atom stereocenters. The molecule has 1 aromatic heterocycles. The highest BCUT2D eigenvalue weighted by atomic mass is 35.5. The monoisotopic (exact) mass is 478 g/mol. The van der Waals surface area contributed by atoms with Crippen molar-refractivity contribution in [2.45, 2.75) is 34.2 Å². The molecule has 0 saturated carbocycles. The number of aromatic nitrogens is 1. The maximum Gasteiger partial charge on any atom is 0.415 e. The number of carbonyl (C=O) groups excluding carboxylic acids is 1. The normalized spacial score (nSPS) is 11.1. The average Bonchev–Trinajstić information content (AvgIpc) is 3.18. The summed E-state index contributed by atoms with van der Waals surface area (Å²) in [6.45, 7) is 9.61. The second-order valence-corrected chi connectivity index (χ2v) is 8.87. The molecule has 0 aliphatic heterocycles. The van der Waals surface area contributed by atoms with Gasteiger partial charge in [0.05, 0.1) is 0 Å². The van der Waals surface area contributed by atoms with Crippen molar-refractivity contribution < 1.29 is 13.9 Å². The lowest BCUT2D eigenvalue weighted by molar-refractivity contribution is 0.157. The Balaban J connectivity index is 1.85. The van der Waals surface area contributed by atoms with E-state index < -0.39 is 0 Å². The lowest BCUT2D eigenvalue weighted by atomic mass is 9.97. The topological polar surface area (TPSA) is 34.5 Å². The Hall–Kier alpha value is -3.31. The van der Waals surface area contributed by atoms with Crippen LogP contribution in [0.25, 0.3) is 22.0 Å². The van der Waals surface area contributed by atoms with Crippen molar-refractivity contribution in [2.24, 2.45) is 0 Å². The molecule has 1 amide bonds. The minimum Gasteiger partial charge on any atom is -0.410 e. The van der Waals surface area contributed by atoms with E-state index in [1.54, 1.807) is 11.0 Å². The van der Waals surface area contributed by atoms with Crippen molar-refractivity contribution in [3.63, 3.8) is 0 Å². The molecule has 176 valence electrons. The zero-order chi connectivity index (χ0) is 24.4. The van der Waals surface area contributed by atoms with Crippen LogP contribution in [0.2, 0.25) is 5.02 Å². The summed E-state index contributed by atoms with van der Waals surface area (Å²) in [5.74, 6) is 0.162. The number of hydrogen-bond donors (Lipinski definition) is 0. The van der Waals surface area contributed by atoms with Crippen LogP contribution in [-0.2, 0) is 6.54 Å². The molecular formula is C28H28ClFN2O2. The van der Waals surface area contributed by atoms with E-state index in [4.69, 9.17) is 16.3 Å². The number of ether oxygens (including phenoxy) is 1. The SMILES string of the molecule is CCN(CC)C(=O)Oc1ccc2c(ccn2Cc2ccc(F)cc2Cl)c1-c1cc(C)cc(C)c1. The molecule has 0 aliphatic rings. The molecule has 0 aliphatic carbocycles. The van der Waals surface area contributed by atoms with Crippen LogP contribution < -0.4 is 4.74 Å². The van der Waals surface area contributed by atoms with E-state index in [1.165, 1.54) is 12.1 Å². The molecule has 0 unspecified atom stereocenters. The van der Waals surface area contributed by atoms with Gasteiger partial charge in [0.2, 0.25) is 0 Å². The molecule has 4 rings (SSSR count). The van der Waals surface area contributed by atoms with E-state index in [0.29, 0.717) is 30.4 Å². The van der Waals surface area contributed by atoms with Gasteiger partial charge in [0.15, 0.2) is 0 Å². The number of amides is 1. The maximum atomic E-state index is 13.5. The van der Waals surface area contributed by atoms with Crippen LogP contribution in [0.1, 0.15) is 30.5 Å². The Morgan fingerprint density at radius 3 is 2.35 bits per heavy atom. The fraction of sp³-hybridized carbons (Fsp3) is 0.250. The zero-order valence-corrected chi connectivity index (χ0v) is 20.6. The Labute approximate surface area is 204 Å². The Bertz CT molecular complexity index is 1340. The predicted octanol–water partition coefficient (Wildman–Crippen LogP) is 7.61. The molecule has 34 heavy (non-hydrogen) atoms. The van der Waals surface area contributed by atoms with Gasteiger partial charge in [0.25, 0.3) is 0 Å². The minimum absolute atomic E-state index is 0.358. The van der Waals surface area contributed by atoms with Crippen LogP contribution in [0.15, 0.2) is 60.8 Å². The van der Waals surface area contributed by atoms with Crippen LogP contribution in [-0.4, -0.2) is 28.6 Å². The van der Waals surface area contributed by atoms with E-state index >= 15 is 0 Å². The van der Waals surface area contributed by atoms with Gasteiger partial charge in [-0.1, -0.05) is 47.0 Å². The van der Waals surface area contributed by atoms with Gasteiger partial charge < -0.3 is 14.2 Å². The standard InChI is InChI=1S/C28H28ClFN2O2/c1-5-31(6-2)28(33)34-26-10-9-25-23(27(26)21-14-18(3)13-19(4)15-21)11-12-32(25)17-20-7-8-22(30)16-24(20)29/h7-16H,5-6,17H2,1-4H3. The molecule has 0 spiro atoms.